The van der Waals surface area contributed by atoms with Crippen LogP contribution in [-0.2, 0) is 13.0 Å². The van der Waals surface area contributed by atoms with Gasteiger partial charge in [0.25, 0.3) is 0 Å². The number of rotatable bonds is 1. The van der Waals surface area contributed by atoms with E-state index in [0.717, 1.165) is 19.5 Å². The quantitative estimate of drug-likeness (QED) is 0.567. The zero-order chi connectivity index (χ0) is 9.97. The van der Waals surface area contributed by atoms with Gasteiger partial charge in [-0.25, -0.2) is 5.01 Å². The highest BCUT2D eigenvalue weighted by Gasteiger charge is 2.15. The number of carbonyl (C=O) groups is 1. The van der Waals surface area contributed by atoms with Gasteiger partial charge in [0.2, 0.25) is 0 Å². The van der Waals surface area contributed by atoms with E-state index in [1.807, 2.05) is 17.1 Å². The predicted molar refractivity (Wildman–Crippen MR) is 54.9 cm³/mol. The molecule has 0 aromatic heterocycles. The zero-order valence-electron chi connectivity index (χ0n) is 7.66. The van der Waals surface area contributed by atoms with Crippen molar-refractivity contribution in [3.05, 3.63) is 35.4 Å². The summed E-state index contributed by atoms with van der Waals surface area (Å²) in [5.74, 6) is 0. The Morgan fingerprint density at radius 3 is 2.79 bits per heavy atom. The summed E-state index contributed by atoms with van der Waals surface area (Å²) in [6.45, 7) is 1.55. The lowest BCUT2D eigenvalue weighted by Gasteiger charge is -2.27. The van der Waals surface area contributed by atoms with Gasteiger partial charge >= 0.3 is 5.37 Å². The van der Waals surface area contributed by atoms with E-state index in [1.165, 1.54) is 11.1 Å². The molecule has 14 heavy (non-hydrogen) atoms. The lowest BCUT2D eigenvalue weighted by Crippen LogP contribution is -2.42. The number of halogens is 1. The van der Waals surface area contributed by atoms with Crippen LogP contribution in [0.3, 0.4) is 0 Å². The molecule has 0 unspecified atom stereocenters. The third-order valence-corrected chi connectivity index (χ3v) is 2.46. The average molecular weight is 211 g/mol. The Hall–Kier alpha value is -1.06. The Labute approximate surface area is 87.6 Å². The Balaban J connectivity index is 2.09. The molecule has 1 aromatic carbocycles. The molecular weight excluding hydrogens is 200 g/mol. The van der Waals surface area contributed by atoms with Crippen molar-refractivity contribution in [1.82, 2.24) is 10.4 Å². The molecule has 1 aromatic rings. The van der Waals surface area contributed by atoms with Crippen molar-refractivity contribution in [3.63, 3.8) is 0 Å². The molecule has 4 heteroatoms. The number of hydrogen-bond acceptors (Lipinski definition) is 2. The molecule has 74 valence electrons. The van der Waals surface area contributed by atoms with Crippen LogP contribution in [0.5, 0.6) is 0 Å². The van der Waals surface area contributed by atoms with E-state index in [4.69, 9.17) is 11.6 Å². The number of nitrogens with one attached hydrogen (secondary N) is 1. The lowest BCUT2D eigenvalue weighted by molar-refractivity contribution is 0.179. The summed E-state index contributed by atoms with van der Waals surface area (Å²) in [7, 11) is 0. The number of amides is 1. The van der Waals surface area contributed by atoms with E-state index in [2.05, 4.69) is 17.6 Å². The predicted octanol–water partition coefficient (Wildman–Crippen LogP) is 1.91. The first-order chi connectivity index (χ1) is 6.75. The molecule has 3 nitrogen and oxygen atoms in total. The SMILES string of the molecule is O=C(Cl)NN1CCc2ccccc2C1. The molecule has 1 N–H and O–H groups in total. The number of hydrogen-bond donors (Lipinski definition) is 1. The topological polar surface area (TPSA) is 32.3 Å². The normalized spacial score (nSPS) is 16.1. The van der Waals surface area contributed by atoms with Crippen molar-refractivity contribution in [2.45, 2.75) is 13.0 Å². The van der Waals surface area contributed by atoms with Crippen molar-refractivity contribution in [2.75, 3.05) is 6.54 Å². The van der Waals surface area contributed by atoms with Gasteiger partial charge in [-0.05, 0) is 29.1 Å². The van der Waals surface area contributed by atoms with Gasteiger partial charge in [0.15, 0.2) is 0 Å². The van der Waals surface area contributed by atoms with E-state index in [9.17, 15) is 4.79 Å². The summed E-state index contributed by atoms with van der Waals surface area (Å²) in [5.41, 5.74) is 5.19. The maximum atomic E-state index is 10.6. The first-order valence-electron chi connectivity index (χ1n) is 4.53. The number of carbonyl (C=O) groups excluding carboxylic acids is 1. The van der Waals surface area contributed by atoms with Gasteiger partial charge in [-0.3, -0.25) is 10.2 Å². The Kier molecular flexibility index (Phi) is 2.70. The molecular formula is C10H11ClN2O. The van der Waals surface area contributed by atoms with Gasteiger partial charge in [0.05, 0.1) is 0 Å². The second-order valence-corrected chi connectivity index (χ2v) is 3.67. The largest absolute Gasteiger partial charge is 0.328 e. The van der Waals surface area contributed by atoms with Crippen LogP contribution in [0.15, 0.2) is 24.3 Å². The number of nitrogens with zero attached hydrogens (tertiary/aromatic N) is 1. The molecule has 0 spiro atoms. The molecule has 1 aliphatic rings. The van der Waals surface area contributed by atoms with Crippen LogP contribution in [0.2, 0.25) is 0 Å². The Morgan fingerprint density at radius 2 is 2.07 bits per heavy atom. The Morgan fingerprint density at radius 1 is 1.36 bits per heavy atom. The summed E-state index contributed by atoms with van der Waals surface area (Å²) < 4.78 is 0. The molecule has 0 atom stereocenters. The van der Waals surface area contributed by atoms with Crippen LogP contribution in [0.4, 0.5) is 4.79 Å². The summed E-state index contributed by atoms with van der Waals surface area (Å²) in [6, 6.07) is 8.23. The number of benzene rings is 1. The minimum atomic E-state index is -0.524. The van der Waals surface area contributed by atoms with Gasteiger partial charge in [-0.15, -0.1) is 0 Å². The highest BCUT2D eigenvalue weighted by Crippen LogP contribution is 2.16. The average Bonchev–Trinajstić information content (AvgIpc) is 2.17. The first-order valence-corrected chi connectivity index (χ1v) is 4.91. The molecule has 2 rings (SSSR count). The maximum absolute atomic E-state index is 10.6. The monoisotopic (exact) mass is 210 g/mol. The van der Waals surface area contributed by atoms with Gasteiger partial charge < -0.3 is 0 Å². The van der Waals surface area contributed by atoms with E-state index < -0.39 is 5.37 Å². The molecule has 1 heterocycles. The van der Waals surface area contributed by atoms with Crippen molar-refractivity contribution >= 4 is 17.0 Å². The van der Waals surface area contributed by atoms with Gasteiger partial charge in [-0.2, -0.15) is 0 Å². The van der Waals surface area contributed by atoms with Crippen LogP contribution >= 0.6 is 11.6 Å². The fourth-order valence-corrected chi connectivity index (χ4v) is 1.83. The molecule has 0 bridgehead atoms. The second kappa shape index (κ2) is 3.98. The summed E-state index contributed by atoms with van der Waals surface area (Å²) >= 11 is 5.25. The fourth-order valence-electron chi connectivity index (χ4n) is 1.72. The number of fused-ring (bicyclic) bond motifs is 1. The van der Waals surface area contributed by atoms with Gasteiger partial charge in [0, 0.05) is 13.1 Å². The van der Waals surface area contributed by atoms with E-state index in [-0.39, 0.29) is 0 Å². The summed E-state index contributed by atoms with van der Waals surface area (Å²) in [4.78, 5) is 10.6. The summed E-state index contributed by atoms with van der Waals surface area (Å²) in [5, 5.41) is 1.31. The van der Waals surface area contributed by atoms with Crippen molar-refractivity contribution in [2.24, 2.45) is 0 Å². The van der Waals surface area contributed by atoms with Crippen LogP contribution < -0.4 is 5.43 Å². The highest BCUT2D eigenvalue weighted by molar-refractivity contribution is 6.62. The van der Waals surface area contributed by atoms with Crippen LogP contribution in [-0.4, -0.2) is 16.9 Å². The Bertz CT molecular complexity index is 354. The van der Waals surface area contributed by atoms with Gasteiger partial charge in [-0.1, -0.05) is 24.3 Å². The van der Waals surface area contributed by atoms with Crippen LogP contribution in [0.25, 0.3) is 0 Å². The third-order valence-electron chi connectivity index (χ3n) is 2.38. The second-order valence-electron chi connectivity index (χ2n) is 3.33. The van der Waals surface area contributed by atoms with E-state index in [1.54, 1.807) is 0 Å². The number of hydrazine groups is 1. The maximum Gasteiger partial charge on any atom is 0.328 e. The lowest BCUT2D eigenvalue weighted by atomic mass is 10.0. The zero-order valence-corrected chi connectivity index (χ0v) is 8.42. The molecule has 0 saturated heterocycles. The van der Waals surface area contributed by atoms with Crippen LogP contribution in [0.1, 0.15) is 11.1 Å². The van der Waals surface area contributed by atoms with Gasteiger partial charge in [0.1, 0.15) is 0 Å². The molecule has 0 radical (unpaired) electrons. The first kappa shape index (κ1) is 9.49. The molecule has 0 fully saturated rings. The molecule has 1 amide bonds. The molecule has 1 aliphatic heterocycles. The fraction of sp³-hybridized carbons (Fsp3) is 0.300. The minimum Gasteiger partial charge on any atom is -0.275 e. The van der Waals surface area contributed by atoms with Crippen molar-refractivity contribution < 1.29 is 4.79 Å². The highest BCUT2D eigenvalue weighted by atomic mass is 35.5. The van der Waals surface area contributed by atoms with Crippen LogP contribution in [0, 0.1) is 0 Å². The molecule has 0 aliphatic carbocycles. The molecule has 0 saturated carbocycles. The van der Waals surface area contributed by atoms with E-state index in [0.29, 0.717) is 0 Å². The smallest absolute Gasteiger partial charge is 0.275 e. The van der Waals surface area contributed by atoms with Crippen molar-refractivity contribution in [3.8, 4) is 0 Å². The summed E-state index contributed by atoms with van der Waals surface area (Å²) in [6.07, 6.45) is 0.952. The van der Waals surface area contributed by atoms with E-state index >= 15 is 0 Å². The standard InChI is InChI=1S/C10H11ClN2O/c11-10(14)12-13-6-5-8-3-1-2-4-9(8)7-13/h1-4H,5-7H2,(H,12,14). The third kappa shape index (κ3) is 2.05. The minimum absolute atomic E-state index is 0.524. The van der Waals surface area contributed by atoms with Crippen molar-refractivity contribution in [1.29, 1.82) is 0 Å².